The van der Waals surface area contributed by atoms with E-state index in [1.54, 1.807) is 11.8 Å². The van der Waals surface area contributed by atoms with Crippen molar-refractivity contribution in [3.8, 4) is 6.07 Å². The molecule has 2 heterocycles. The summed E-state index contributed by atoms with van der Waals surface area (Å²) in [5.41, 5.74) is 5.99. The molecule has 140 valence electrons. The fraction of sp³-hybridized carbons (Fsp3) is 0.0800. The van der Waals surface area contributed by atoms with Crippen LogP contribution in [0.5, 0.6) is 0 Å². The van der Waals surface area contributed by atoms with Crippen LogP contribution in [-0.4, -0.2) is 6.04 Å². The highest BCUT2D eigenvalue weighted by Gasteiger charge is 2.25. The number of hydrogen-bond acceptors (Lipinski definition) is 4. The Morgan fingerprint density at radius 3 is 2.31 bits per heavy atom. The van der Waals surface area contributed by atoms with Gasteiger partial charge in [-0.3, -0.25) is 0 Å². The number of para-hydroxylation sites is 2. The highest BCUT2D eigenvalue weighted by atomic mass is 32.2. The number of nitrogens with zero attached hydrogens (tertiary/aromatic N) is 2. The molecule has 3 aromatic carbocycles. The minimum atomic E-state index is 0.193. The molecule has 4 heteroatoms. The van der Waals surface area contributed by atoms with Gasteiger partial charge < -0.3 is 10.2 Å². The zero-order valence-corrected chi connectivity index (χ0v) is 16.8. The van der Waals surface area contributed by atoms with Gasteiger partial charge in [0, 0.05) is 27.1 Å². The van der Waals surface area contributed by atoms with Crippen LogP contribution in [0.2, 0.25) is 0 Å². The number of anilines is 3. The van der Waals surface area contributed by atoms with Crippen LogP contribution >= 0.6 is 11.8 Å². The summed E-state index contributed by atoms with van der Waals surface area (Å²) in [6.07, 6.45) is 3.92. The molecule has 29 heavy (non-hydrogen) atoms. The zero-order valence-electron chi connectivity index (χ0n) is 16.0. The number of nitrogens with one attached hydrogen (secondary N) is 1. The molecule has 0 aromatic heterocycles. The lowest BCUT2D eigenvalue weighted by molar-refractivity contribution is 0.775. The van der Waals surface area contributed by atoms with Crippen molar-refractivity contribution in [2.45, 2.75) is 22.8 Å². The van der Waals surface area contributed by atoms with Crippen molar-refractivity contribution in [1.82, 2.24) is 5.32 Å². The highest BCUT2D eigenvalue weighted by Crippen LogP contribution is 2.51. The molecule has 0 radical (unpaired) electrons. The minimum Gasteiger partial charge on any atom is -0.378 e. The zero-order chi connectivity index (χ0) is 19.8. The van der Waals surface area contributed by atoms with Gasteiger partial charge in [0.1, 0.15) is 6.07 Å². The van der Waals surface area contributed by atoms with Crippen molar-refractivity contribution in [1.29, 1.82) is 5.26 Å². The number of benzene rings is 3. The first kappa shape index (κ1) is 17.7. The smallest absolute Gasteiger partial charge is 0.101 e. The van der Waals surface area contributed by atoms with Gasteiger partial charge in [0.05, 0.1) is 22.6 Å². The van der Waals surface area contributed by atoms with E-state index in [1.807, 2.05) is 12.2 Å². The van der Waals surface area contributed by atoms with E-state index in [-0.39, 0.29) is 6.04 Å². The topological polar surface area (TPSA) is 39.1 Å². The fourth-order valence-electron chi connectivity index (χ4n) is 3.79. The summed E-state index contributed by atoms with van der Waals surface area (Å²) < 4.78 is 0. The molecule has 0 bridgehead atoms. The van der Waals surface area contributed by atoms with E-state index in [1.165, 1.54) is 21.2 Å². The second-order valence-electron chi connectivity index (χ2n) is 7.12. The van der Waals surface area contributed by atoms with Gasteiger partial charge in [-0.1, -0.05) is 54.2 Å². The van der Waals surface area contributed by atoms with Crippen LogP contribution in [-0.2, 0) is 0 Å². The highest BCUT2D eigenvalue weighted by molar-refractivity contribution is 7.99. The van der Waals surface area contributed by atoms with Crippen LogP contribution in [0, 0.1) is 11.3 Å². The van der Waals surface area contributed by atoms with Crippen LogP contribution in [0.1, 0.15) is 12.5 Å². The van der Waals surface area contributed by atoms with Gasteiger partial charge in [-0.2, -0.15) is 5.26 Å². The van der Waals surface area contributed by atoms with Gasteiger partial charge in [0.15, 0.2) is 0 Å². The van der Waals surface area contributed by atoms with Gasteiger partial charge in [0.25, 0.3) is 0 Å². The number of nitriles is 1. The third-order valence-corrected chi connectivity index (χ3v) is 6.27. The molecule has 0 spiro atoms. The molecule has 0 saturated carbocycles. The normalized spacial score (nSPS) is 17.2. The standard InChI is InChI=1S/C25H19N3S/c1-17-13-14-19(16-26)25(27-17)18-7-6-8-20(15-18)28-21-9-2-4-11-23(21)29-24-12-5-3-10-22(24)28/h2-15,17,27H,1H3. The van der Waals surface area contributed by atoms with Crippen LogP contribution in [0.4, 0.5) is 17.1 Å². The third kappa shape index (κ3) is 3.10. The molecule has 1 unspecified atom stereocenters. The molecule has 1 N–H and O–H groups in total. The first-order valence-corrected chi connectivity index (χ1v) is 10.4. The maximum Gasteiger partial charge on any atom is 0.101 e. The summed E-state index contributed by atoms with van der Waals surface area (Å²) in [7, 11) is 0. The lowest BCUT2D eigenvalue weighted by atomic mass is 10.0. The van der Waals surface area contributed by atoms with Gasteiger partial charge in [-0.25, -0.2) is 0 Å². The fourth-order valence-corrected chi connectivity index (χ4v) is 4.85. The predicted octanol–water partition coefficient (Wildman–Crippen LogP) is 6.40. The monoisotopic (exact) mass is 393 g/mol. The molecule has 2 aliphatic rings. The quantitative estimate of drug-likeness (QED) is 0.427. The Bertz CT molecular complexity index is 1160. The molecule has 3 aromatic rings. The van der Waals surface area contributed by atoms with Crippen LogP contribution < -0.4 is 10.2 Å². The Morgan fingerprint density at radius 1 is 0.931 bits per heavy atom. The largest absolute Gasteiger partial charge is 0.378 e. The van der Waals surface area contributed by atoms with Crippen molar-refractivity contribution >= 4 is 34.5 Å². The van der Waals surface area contributed by atoms with Gasteiger partial charge >= 0.3 is 0 Å². The van der Waals surface area contributed by atoms with Gasteiger partial charge in [-0.05, 0) is 49.4 Å². The van der Waals surface area contributed by atoms with E-state index in [9.17, 15) is 5.26 Å². The van der Waals surface area contributed by atoms with E-state index in [4.69, 9.17) is 0 Å². The molecular weight excluding hydrogens is 374 g/mol. The molecule has 3 nitrogen and oxygen atoms in total. The van der Waals surface area contributed by atoms with Crippen molar-refractivity contribution in [3.63, 3.8) is 0 Å². The first-order valence-electron chi connectivity index (χ1n) is 9.60. The maximum absolute atomic E-state index is 9.58. The average molecular weight is 394 g/mol. The molecule has 2 aliphatic heterocycles. The Kier molecular flexibility index (Phi) is 4.38. The van der Waals surface area contributed by atoms with E-state index in [2.05, 4.69) is 96.0 Å². The Hall–Kier alpha value is -3.42. The summed E-state index contributed by atoms with van der Waals surface area (Å²) >= 11 is 1.80. The van der Waals surface area contributed by atoms with Crippen LogP contribution in [0.15, 0.2) is 100 Å². The molecule has 0 saturated heterocycles. The SMILES string of the molecule is CC1C=CC(C#N)=C(c2cccc(N3c4ccccc4Sc4ccccc43)c2)N1. The third-order valence-electron chi connectivity index (χ3n) is 5.14. The summed E-state index contributed by atoms with van der Waals surface area (Å²) in [4.78, 5) is 4.78. The summed E-state index contributed by atoms with van der Waals surface area (Å²) in [6, 6.07) is 27.9. The molecular formula is C25H19N3S. The van der Waals surface area contributed by atoms with Crippen molar-refractivity contribution in [3.05, 3.63) is 96.1 Å². The van der Waals surface area contributed by atoms with E-state index in [0.29, 0.717) is 5.57 Å². The Morgan fingerprint density at radius 2 is 1.62 bits per heavy atom. The maximum atomic E-state index is 9.58. The van der Waals surface area contributed by atoms with Crippen LogP contribution in [0.25, 0.3) is 5.70 Å². The van der Waals surface area contributed by atoms with E-state index >= 15 is 0 Å². The number of rotatable bonds is 2. The van der Waals surface area contributed by atoms with Gasteiger partial charge in [-0.15, -0.1) is 0 Å². The van der Waals surface area contributed by atoms with E-state index in [0.717, 1.165) is 16.9 Å². The number of allylic oxidation sites excluding steroid dienone is 2. The lowest BCUT2D eigenvalue weighted by Gasteiger charge is -2.33. The Balaban J connectivity index is 1.67. The molecule has 0 fully saturated rings. The Labute approximate surface area is 175 Å². The number of fused-ring (bicyclic) bond motifs is 2. The summed E-state index contributed by atoms with van der Waals surface area (Å²) in [5, 5.41) is 13.0. The van der Waals surface area contributed by atoms with E-state index < -0.39 is 0 Å². The van der Waals surface area contributed by atoms with Crippen molar-refractivity contribution < 1.29 is 0 Å². The predicted molar refractivity (Wildman–Crippen MR) is 120 cm³/mol. The number of dihydropyridines is 1. The minimum absolute atomic E-state index is 0.193. The first-order chi connectivity index (χ1) is 14.2. The van der Waals surface area contributed by atoms with Gasteiger partial charge in [0.2, 0.25) is 0 Å². The van der Waals surface area contributed by atoms with Crippen LogP contribution in [0.3, 0.4) is 0 Å². The second-order valence-corrected chi connectivity index (χ2v) is 8.20. The summed E-state index contributed by atoms with van der Waals surface area (Å²) in [5.74, 6) is 0. The average Bonchev–Trinajstić information content (AvgIpc) is 2.77. The molecule has 5 rings (SSSR count). The molecule has 0 aliphatic carbocycles. The molecule has 0 amide bonds. The second kappa shape index (κ2) is 7.20. The molecule has 1 atom stereocenters. The van der Waals surface area contributed by atoms with Crippen molar-refractivity contribution in [2.24, 2.45) is 0 Å². The lowest BCUT2D eigenvalue weighted by Crippen LogP contribution is -2.26. The summed E-state index contributed by atoms with van der Waals surface area (Å²) in [6.45, 7) is 2.09. The number of hydrogen-bond donors (Lipinski definition) is 1. The van der Waals surface area contributed by atoms with Crippen molar-refractivity contribution in [2.75, 3.05) is 4.90 Å².